The van der Waals surface area contributed by atoms with Gasteiger partial charge >= 0.3 is 0 Å². The highest BCUT2D eigenvalue weighted by Gasteiger charge is 2.26. The SMILES string of the molecule is CNCC(C)(C)C(=O)Nc1ccncn1. The first-order chi connectivity index (χ1) is 7.06. The van der Waals surface area contributed by atoms with Gasteiger partial charge in [0.1, 0.15) is 12.1 Å². The number of amides is 1. The molecule has 0 fully saturated rings. The zero-order chi connectivity index (χ0) is 11.3. The molecule has 0 aliphatic heterocycles. The molecule has 0 bridgehead atoms. The van der Waals surface area contributed by atoms with Gasteiger partial charge in [0.05, 0.1) is 5.41 Å². The largest absolute Gasteiger partial charge is 0.319 e. The second kappa shape index (κ2) is 4.84. The van der Waals surface area contributed by atoms with Crippen molar-refractivity contribution in [2.45, 2.75) is 13.8 Å². The van der Waals surface area contributed by atoms with E-state index in [1.165, 1.54) is 6.33 Å². The summed E-state index contributed by atoms with van der Waals surface area (Å²) in [6.07, 6.45) is 2.99. The Morgan fingerprint density at radius 3 is 2.80 bits per heavy atom. The summed E-state index contributed by atoms with van der Waals surface area (Å²) >= 11 is 0. The van der Waals surface area contributed by atoms with Crippen molar-refractivity contribution in [2.75, 3.05) is 18.9 Å². The molecule has 82 valence electrons. The maximum atomic E-state index is 11.8. The van der Waals surface area contributed by atoms with Gasteiger partial charge in [0.15, 0.2) is 0 Å². The van der Waals surface area contributed by atoms with Gasteiger partial charge in [-0.25, -0.2) is 9.97 Å². The van der Waals surface area contributed by atoms with Gasteiger partial charge in [0.2, 0.25) is 5.91 Å². The van der Waals surface area contributed by atoms with Crippen molar-refractivity contribution in [2.24, 2.45) is 5.41 Å². The lowest BCUT2D eigenvalue weighted by atomic mass is 9.92. The summed E-state index contributed by atoms with van der Waals surface area (Å²) in [6, 6.07) is 1.66. The molecule has 1 aromatic rings. The minimum absolute atomic E-state index is 0.0597. The normalized spacial score (nSPS) is 11.1. The first-order valence-electron chi connectivity index (χ1n) is 4.78. The minimum atomic E-state index is -0.459. The number of anilines is 1. The van der Waals surface area contributed by atoms with Crippen LogP contribution in [0.15, 0.2) is 18.6 Å². The van der Waals surface area contributed by atoms with Crippen LogP contribution in [0.25, 0.3) is 0 Å². The van der Waals surface area contributed by atoms with Crippen molar-refractivity contribution in [1.29, 1.82) is 0 Å². The molecule has 0 unspecified atom stereocenters. The lowest BCUT2D eigenvalue weighted by Gasteiger charge is -2.22. The Hall–Kier alpha value is -1.49. The van der Waals surface area contributed by atoms with Gasteiger partial charge in [0, 0.05) is 12.7 Å². The molecule has 0 aliphatic carbocycles. The molecule has 1 amide bonds. The quantitative estimate of drug-likeness (QED) is 0.762. The molecular formula is C10H16N4O. The number of nitrogens with zero attached hydrogens (tertiary/aromatic N) is 2. The molecule has 15 heavy (non-hydrogen) atoms. The topological polar surface area (TPSA) is 66.9 Å². The van der Waals surface area contributed by atoms with Crippen LogP contribution in [0, 0.1) is 5.41 Å². The Bertz CT molecular complexity index is 323. The van der Waals surface area contributed by atoms with Crippen molar-refractivity contribution in [3.63, 3.8) is 0 Å². The molecule has 0 aromatic carbocycles. The summed E-state index contributed by atoms with van der Waals surface area (Å²) in [7, 11) is 1.82. The Kier molecular flexibility index (Phi) is 3.74. The van der Waals surface area contributed by atoms with E-state index in [9.17, 15) is 4.79 Å². The fourth-order valence-electron chi connectivity index (χ4n) is 1.17. The van der Waals surface area contributed by atoms with Crippen molar-refractivity contribution in [3.05, 3.63) is 18.6 Å². The van der Waals surface area contributed by atoms with E-state index in [4.69, 9.17) is 0 Å². The lowest BCUT2D eigenvalue weighted by Crippen LogP contribution is -2.38. The monoisotopic (exact) mass is 208 g/mol. The van der Waals surface area contributed by atoms with E-state index in [-0.39, 0.29) is 5.91 Å². The maximum Gasteiger partial charge on any atom is 0.232 e. The van der Waals surface area contributed by atoms with Gasteiger partial charge < -0.3 is 10.6 Å². The molecule has 1 heterocycles. The third-order valence-electron chi connectivity index (χ3n) is 2.06. The number of carbonyl (C=O) groups is 1. The van der Waals surface area contributed by atoms with Gasteiger partial charge in [-0.2, -0.15) is 0 Å². The minimum Gasteiger partial charge on any atom is -0.319 e. The first-order valence-corrected chi connectivity index (χ1v) is 4.78. The van der Waals surface area contributed by atoms with E-state index in [1.54, 1.807) is 12.3 Å². The number of aromatic nitrogens is 2. The molecule has 1 rings (SSSR count). The van der Waals surface area contributed by atoms with Crippen LogP contribution in [-0.4, -0.2) is 29.5 Å². The molecule has 0 atom stereocenters. The number of rotatable bonds is 4. The molecule has 2 N–H and O–H groups in total. The summed E-state index contributed by atoms with van der Waals surface area (Å²) in [5, 5.41) is 5.72. The highest BCUT2D eigenvalue weighted by molar-refractivity contribution is 5.94. The summed E-state index contributed by atoms with van der Waals surface area (Å²) < 4.78 is 0. The van der Waals surface area contributed by atoms with Crippen molar-refractivity contribution in [3.8, 4) is 0 Å². The summed E-state index contributed by atoms with van der Waals surface area (Å²) in [4.78, 5) is 19.5. The predicted octanol–water partition coefficient (Wildman–Crippen LogP) is 0.661. The van der Waals surface area contributed by atoms with Crippen LogP contribution in [0.3, 0.4) is 0 Å². The molecule has 0 aliphatic rings. The predicted molar refractivity (Wildman–Crippen MR) is 58.4 cm³/mol. The van der Waals surface area contributed by atoms with Gasteiger partial charge in [-0.3, -0.25) is 4.79 Å². The number of hydrogen-bond donors (Lipinski definition) is 2. The summed E-state index contributed by atoms with van der Waals surface area (Å²) in [6.45, 7) is 4.37. The third-order valence-corrected chi connectivity index (χ3v) is 2.06. The van der Waals surface area contributed by atoms with E-state index >= 15 is 0 Å². The summed E-state index contributed by atoms with van der Waals surface area (Å²) in [5.41, 5.74) is -0.459. The zero-order valence-electron chi connectivity index (χ0n) is 9.24. The highest BCUT2D eigenvalue weighted by atomic mass is 16.2. The van der Waals surface area contributed by atoms with Gasteiger partial charge in [0.25, 0.3) is 0 Å². The first kappa shape index (κ1) is 11.6. The Morgan fingerprint density at radius 1 is 1.53 bits per heavy atom. The molecule has 1 aromatic heterocycles. The summed E-state index contributed by atoms with van der Waals surface area (Å²) in [5.74, 6) is 0.467. The maximum absolute atomic E-state index is 11.8. The van der Waals surface area contributed by atoms with Crippen molar-refractivity contribution in [1.82, 2.24) is 15.3 Å². The van der Waals surface area contributed by atoms with E-state index in [0.29, 0.717) is 12.4 Å². The fraction of sp³-hybridized carbons (Fsp3) is 0.500. The van der Waals surface area contributed by atoms with Gasteiger partial charge in [-0.05, 0) is 27.0 Å². The average Bonchev–Trinajstić information content (AvgIpc) is 2.19. The molecular weight excluding hydrogens is 192 g/mol. The van der Waals surface area contributed by atoms with Crippen LogP contribution in [-0.2, 0) is 4.79 Å². The molecule has 5 heteroatoms. The van der Waals surface area contributed by atoms with Crippen LogP contribution < -0.4 is 10.6 Å². The second-order valence-corrected chi connectivity index (χ2v) is 3.96. The molecule has 0 saturated carbocycles. The zero-order valence-corrected chi connectivity index (χ0v) is 9.24. The molecule has 0 spiro atoms. The Balaban J connectivity index is 2.63. The standard InChI is InChI=1S/C10H16N4O/c1-10(2,6-11-3)9(15)14-8-4-5-12-7-13-8/h4-5,7,11H,6H2,1-3H3,(H,12,13,14,15). The van der Waals surface area contributed by atoms with Crippen LogP contribution in [0.1, 0.15) is 13.8 Å². The van der Waals surface area contributed by atoms with E-state index in [1.807, 2.05) is 20.9 Å². The van der Waals surface area contributed by atoms with Gasteiger partial charge in [-0.15, -0.1) is 0 Å². The molecule has 0 saturated heterocycles. The van der Waals surface area contributed by atoms with E-state index < -0.39 is 5.41 Å². The molecule has 0 radical (unpaired) electrons. The van der Waals surface area contributed by atoms with E-state index in [0.717, 1.165) is 0 Å². The Labute approximate surface area is 89.3 Å². The third kappa shape index (κ3) is 3.28. The van der Waals surface area contributed by atoms with Crippen LogP contribution in [0.4, 0.5) is 5.82 Å². The van der Waals surface area contributed by atoms with Crippen LogP contribution >= 0.6 is 0 Å². The second-order valence-electron chi connectivity index (χ2n) is 3.96. The fourth-order valence-corrected chi connectivity index (χ4v) is 1.17. The number of nitrogens with one attached hydrogen (secondary N) is 2. The van der Waals surface area contributed by atoms with Crippen molar-refractivity contribution >= 4 is 11.7 Å². The van der Waals surface area contributed by atoms with E-state index in [2.05, 4.69) is 20.6 Å². The Morgan fingerprint density at radius 2 is 2.27 bits per heavy atom. The van der Waals surface area contributed by atoms with Crippen molar-refractivity contribution < 1.29 is 4.79 Å². The number of hydrogen-bond acceptors (Lipinski definition) is 4. The van der Waals surface area contributed by atoms with Crippen LogP contribution in [0.2, 0.25) is 0 Å². The lowest BCUT2D eigenvalue weighted by molar-refractivity contribution is -0.123. The molecule has 5 nitrogen and oxygen atoms in total. The van der Waals surface area contributed by atoms with Gasteiger partial charge in [-0.1, -0.05) is 0 Å². The number of carbonyl (C=O) groups excluding carboxylic acids is 1. The van der Waals surface area contributed by atoms with Crippen LogP contribution in [0.5, 0.6) is 0 Å². The smallest absolute Gasteiger partial charge is 0.232 e. The average molecular weight is 208 g/mol. The highest BCUT2D eigenvalue weighted by Crippen LogP contribution is 2.15.